The Morgan fingerprint density at radius 1 is 1.33 bits per heavy atom. The quantitative estimate of drug-likeness (QED) is 0.669. The highest BCUT2D eigenvalue weighted by Gasteiger charge is 2.16. The van der Waals surface area contributed by atoms with Crippen LogP contribution in [0.3, 0.4) is 0 Å². The Balaban J connectivity index is 1.87. The van der Waals surface area contributed by atoms with E-state index in [0.29, 0.717) is 23.9 Å². The van der Waals surface area contributed by atoms with E-state index >= 15 is 0 Å². The van der Waals surface area contributed by atoms with Gasteiger partial charge in [-0.15, -0.1) is 0 Å². The summed E-state index contributed by atoms with van der Waals surface area (Å²) in [6, 6.07) is 4.52. The fourth-order valence-corrected chi connectivity index (χ4v) is 3.65. The number of ether oxygens (including phenoxy) is 2. The van der Waals surface area contributed by atoms with Crippen LogP contribution in [0.1, 0.15) is 19.8 Å². The van der Waals surface area contributed by atoms with Crippen molar-refractivity contribution in [1.82, 2.24) is 9.62 Å². The van der Waals surface area contributed by atoms with Crippen molar-refractivity contribution >= 4 is 21.6 Å². The van der Waals surface area contributed by atoms with E-state index in [0.717, 1.165) is 45.7 Å². The largest absolute Gasteiger partial charge is 0.492 e. The highest BCUT2D eigenvalue weighted by molar-refractivity contribution is 7.89. The molecule has 0 aliphatic carbocycles. The van der Waals surface area contributed by atoms with E-state index in [1.54, 1.807) is 6.07 Å². The van der Waals surface area contributed by atoms with Gasteiger partial charge in [-0.3, -0.25) is 4.90 Å². The van der Waals surface area contributed by atoms with Gasteiger partial charge in [-0.1, -0.05) is 18.5 Å². The molecule has 1 aliphatic rings. The van der Waals surface area contributed by atoms with Gasteiger partial charge < -0.3 is 9.47 Å². The standard InChI is InChI=1S/C16H25ClN2O4S/c1-2-10-23-16-13-14(4-5-15(16)17)24(20,21)18-6-3-7-19-8-11-22-12-9-19/h4-5,13,18H,2-3,6-12H2,1H3. The Bertz CT molecular complexity index is 619. The minimum absolute atomic E-state index is 0.171. The highest BCUT2D eigenvalue weighted by Crippen LogP contribution is 2.27. The summed E-state index contributed by atoms with van der Waals surface area (Å²) in [7, 11) is -3.56. The van der Waals surface area contributed by atoms with Crippen molar-refractivity contribution in [2.45, 2.75) is 24.7 Å². The number of hydrogen-bond acceptors (Lipinski definition) is 5. The van der Waals surface area contributed by atoms with Crippen LogP contribution in [0.4, 0.5) is 0 Å². The van der Waals surface area contributed by atoms with Gasteiger partial charge in [0.1, 0.15) is 5.75 Å². The molecule has 0 atom stereocenters. The maximum Gasteiger partial charge on any atom is 0.240 e. The van der Waals surface area contributed by atoms with E-state index < -0.39 is 10.0 Å². The van der Waals surface area contributed by atoms with Crippen LogP contribution in [0.5, 0.6) is 5.75 Å². The van der Waals surface area contributed by atoms with Crippen LogP contribution in [-0.4, -0.2) is 59.3 Å². The smallest absolute Gasteiger partial charge is 0.240 e. The zero-order valence-electron chi connectivity index (χ0n) is 14.0. The first-order valence-electron chi connectivity index (χ1n) is 8.25. The van der Waals surface area contributed by atoms with Gasteiger partial charge in [0, 0.05) is 25.7 Å². The molecule has 24 heavy (non-hydrogen) atoms. The molecule has 2 rings (SSSR count). The van der Waals surface area contributed by atoms with Crippen LogP contribution in [0, 0.1) is 0 Å². The second kappa shape index (κ2) is 9.58. The monoisotopic (exact) mass is 376 g/mol. The lowest BCUT2D eigenvalue weighted by Crippen LogP contribution is -2.38. The maximum absolute atomic E-state index is 12.4. The molecule has 0 spiro atoms. The molecule has 0 saturated carbocycles. The molecule has 8 heteroatoms. The molecular weight excluding hydrogens is 352 g/mol. The normalized spacial score (nSPS) is 16.2. The van der Waals surface area contributed by atoms with Crippen LogP contribution in [-0.2, 0) is 14.8 Å². The van der Waals surface area contributed by atoms with Gasteiger partial charge in [0.2, 0.25) is 10.0 Å². The van der Waals surface area contributed by atoms with E-state index in [1.165, 1.54) is 12.1 Å². The Hall–Kier alpha value is -0.860. The average molecular weight is 377 g/mol. The van der Waals surface area contributed by atoms with Gasteiger partial charge in [-0.2, -0.15) is 0 Å². The molecular formula is C16H25ClN2O4S. The first-order valence-corrected chi connectivity index (χ1v) is 10.1. The summed E-state index contributed by atoms with van der Waals surface area (Å²) in [5.74, 6) is 0.398. The van der Waals surface area contributed by atoms with Crippen LogP contribution < -0.4 is 9.46 Å². The third-order valence-corrected chi connectivity index (χ3v) is 5.49. The summed E-state index contributed by atoms with van der Waals surface area (Å²) < 4.78 is 38.2. The number of halogens is 1. The number of nitrogens with zero attached hydrogens (tertiary/aromatic N) is 1. The molecule has 6 nitrogen and oxygen atoms in total. The molecule has 1 aromatic rings. The topological polar surface area (TPSA) is 67.9 Å². The fraction of sp³-hybridized carbons (Fsp3) is 0.625. The molecule has 0 amide bonds. The summed E-state index contributed by atoms with van der Waals surface area (Å²) in [6.45, 7) is 7.03. The molecule has 0 bridgehead atoms. The Morgan fingerprint density at radius 2 is 2.08 bits per heavy atom. The molecule has 1 saturated heterocycles. The maximum atomic E-state index is 12.4. The summed E-state index contributed by atoms with van der Waals surface area (Å²) >= 11 is 6.04. The van der Waals surface area contributed by atoms with Crippen molar-refractivity contribution < 1.29 is 17.9 Å². The Kier molecular flexibility index (Phi) is 7.77. The second-order valence-electron chi connectivity index (χ2n) is 5.65. The lowest BCUT2D eigenvalue weighted by molar-refractivity contribution is 0.0376. The number of nitrogens with one attached hydrogen (secondary N) is 1. The van der Waals surface area contributed by atoms with Gasteiger partial charge in [-0.25, -0.2) is 13.1 Å². The van der Waals surface area contributed by atoms with Gasteiger partial charge in [0.15, 0.2) is 0 Å². The van der Waals surface area contributed by atoms with Crippen molar-refractivity contribution in [3.05, 3.63) is 23.2 Å². The number of hydrogen-bond donors (Lipinski definition) is 1. The predicted molar refractivity (Wildman–Crippen MR) is 94.3 cm³/mol. The van der Waals surface area contributed by atoms with E-state index in [4.69, 9.17) is 21.1 Å². The van der Waals surface area contributed by atoms with E-state index in [-0.39, 0.29) is 4.90 Å². The third kappa shape index (κ3) is 5.89. The zero-order chi connectivity index (χ0) is 17.4. The number of rotatable bonds is 9. The highest BCUT2D eigenvalue weighted by atomic mass is 35.5. The summed E-state index contributed by atoms with van der Waals surface area (Å²) in [5, 5.41) is 0.412. The first kappa shape index (κ1) is 19.5. The summed E-state index contributed by atoms with van der Waals surface area (Å²) in [4.78, 5) is 2.45. The van der Waals surface area contributed by atoms with Crippen LogP contribution in [0.2, 0.25) is 5.02 Å². The van der Waals surface area contributed by atoms with Gasteiger partial charge in [0.05, 0.1) is 29.7 Å². The summed E-state index contributed by atoms with van der Waals surface area (Å²) in [5.41, 5.74) is 0. The van der Waals surface area contributed by atoms with E-state index in [2.05, 4.69) is 9.62 Å². The minimum Gasteiger partial charge on any atom is -0.492 e. The van der Waals surface area contributed by atoms with E-state index in [9.17, 15) is 8.42 Å². The lowest BCUT2D eigenvalue weighted by Gasteiger charge is -2.26. The molecule has 0 aromatic heterocycles. The van der Waals surface area contributed by atoms with Crippen molar-refractivity contribution in [2.24, 2.45) is 0 Å². The first-order chi connectivity index (χ1) is 11.5. The van der Waals surface area contributed by atoms with Gasteiger partial charge >= 0.3 is 0 Å². The van der Waals surface area contributed by atoms with Gasteiger partial charge in [-0.05, 0) is 31.5 Å². The fourth-order valence-electron chi connectivity index (χ4n) is 2.39. The predicted octanol–water partition coefficient (Wildman–Crippen LogP) is 2.13. The molecule has 0 radical (unpaired) electrons. The molecule has 1 fully saturated rings. The van der Waals surface area contributed by atoms with Crippen LogP contribution in [0.15, 0.2) is 23.1 Å². The Morgan fingerprint density at radius 3 is 2.79 bits per heavy atom. The van der Waals surface area contributed by atoms with Crippen molar-refractivity contribution in [2.75, 3.05) is 46.0 Å². The number of sulfonamides is 1. The summed E-state index contributed by atoms with van der Waals surface area (Å²) in [6.07, 6.45) is 1.58. The van der Waals surface area contributed by atoms with Crippen molar-refractivity contribution in [3.8, 4) is 5.75 Å². The van der Waals surface area contributed by atoms with Crippen LogP contribution in [0.25, 0.3) is 0 Å². The van der Waals surface area contributed by atoms with Crippen LogP contribution >= 0.6 is 11.6 Å². The molecule has 0 unspecified atom stereocenters. The molecule has 1 N–H and O–H groups in total. The van der Waals surface area contributed by atoms with E-state index in [1.807, 2.05) is 6.92 Å². The molecule has 136 valence electrons. The molecule has 1 heterocycles. The number of benzene rings is 1. The lowest BCUT2D eigenvalue weighted by atomic mass is 10.3. The Labute approximate surface area is 149 Å². The third-order valence-electron chi connectivity index (χ3n) is 3.72. The SMILES string of the molecule is CCCOc1cc(S(=O)(=O)NCCCN2CCOCC2)ccc1Cl. The van der Waals surface area contributed by atoms with Crippen molar-refractivity contribution in [1.29, 1.82) is 0 Å². The molecule has 1 aromatic carbocycles. The molecule has 1 aliphatic heterocycles. The second-order valence-corrected chi connectivity index (χ2v) is 7.82. The average Bonchev–Trinajstić information content (AvgIpc) is 2.59. The minimum atomic E-state index is -3.56. The van der Waals surface area contributed by atoms with Crippen molar-refractivity contribution in [3.63, 3.8) is 0 Å². The zero-order valence-corrected chi connectivity index (χ0v) is 15.5. The number of morpholine rings is 1. The van der Waals surface area contributed by atoms with Gasteiger partial charge in [0.25, 0.3) is 0 Å².